The molecule has 3 aromatic rings. The SMILES string of the molecule is COc1ccc(OCC#Cc2cccc(C#CCOc3ccc(OC)cc3)[n+]2C)cc1. The van der Waals surface area contributed by atoms with Crippen LogP contribution in [0.1, 0.15) is 11.4 Å². The molecule has 0 fully saturated rings. The molecule has 0 aliphatic rings. The average Bonchev–Trinajstić information content (AvgIpc) is 2.82. The summed E-state index contributed by atoms with van der Waals surface area (Å²) in [6.45, 7) is 0.579. The van der Waals surface area contributed by atoms with Crippen LogP contribution < -0.4 is 23.5 Å². The molecular weight excluding hydrogens is 390 g/mol. The second-order valence-corrected chi connectivity index (χ2v) is 6.39. The third kappa shape index (κ3) is 6.45. The maximum Gasteiger partial charge on any atom is 0.257 e. The van der Waals surface area contributed by atoms with Crippen LogP contribution in [0, 0.1) is 23.7 Å². The summed E-state index contributed by atoms with van der Waals surface area (Å²) in [5, 5.41) is 0. The van der Waals surface area contributed by atoms with Gasteiger partial charge in [0.05, 0.1) is 14.2 Å². The first-order valence-electron chi connectivity index (χ1n) is 9.70. The van der Waals surface area contributed by atoms with Crippen molar-refractivity contribution in [3.05, 3.63) is 78.1 Å². The number of hydrogen-bond donors (Lipinski definition) is 0. The van der Waals surface area contributed by atoms with Gasteiger partial charge in [-0.25, -0.2) is 0 Å². The zero-order valence-electron chi connectivity index (χ0n) is 17.8. The molecule has 0 radical (unpaired) electrons. The summed E-state index contributed by atoms with van der Waals surface area (Å²) in [7, 11) is 5.20. The van der Waals surface area contributed by atoms with Crippen molar-refractivity contribution in [1.82, 2.24) is 0 Å². The van der Waals surface area contributed by atoms with E-state index in [1.54, 1.807) is 14.2 Å². The van der Waals surface area contributed by atoms with Crippen molar-refractivity contribution in [2.75, 3.05) is 27.4 Å². The minimum atomic E-state index is 0.290. The van der Waals surface area contributed by atoms with Crippen molar-refractivity contribution in [3.8, 4) is 46.7 Å². The molecule has 0 N–H and O–H groups in total. The van der Waals surface area contributed by atoms with Gasteiger partial charge in [-0.3, -0.25) is 0 Å². The molecular formula is C26H24NO4+. The Morgan fingerprint density at radius 1 is 0.613 bits per heavy atom. The standard InChI is InChI=1S/C26H24NO4/c1-27-21(9-5-19-30-25-15-11-23(28-2)12-16-25)7-4-8-22(27)10-6-20-31-26-17-13-24(29-3)14-18-26/h4,7-8,11-18H,19-20H2,1-3H3/q+1. The van der Waals surface area contributed by atoms with Crippen LogP contribution in [0.15, 0.2) is 66.7 Å². The Balaban J connectivity index is 1.56. The Labute approximate surface area is 183 Å². The van der Waals surface area contributed by atoms with E-state index in [1.165, 1.54) is 0 Å². The van der Waals surface area contributed by atoms with Gasteiger partial charge in [-0.15, -0.1) is 0 Å². The minimum Gasteiger partial charge on any atom is -0.497 e. The monoisotopic (exact) mass is 414 g/mol. The van der Waals surface area contributed by atoms with Crippen LogP contribution in [0.2, 0.25) is 0 Å². The van der Waals surface area contributed by atoms with Crippen molar-refractivity contribution < 1.29 is 23.5 Å². The second-order valence-electron chi connectivity index (χ2n) is 6.39. The molecule has 2 aromatic carbocycles. The molecule has 0 saturated carbocycles. The molecule has 0 saturated heterocycles. The van der Waals surface area contributed by atoms with Gasteiger partial charge < -0.3 is 18.9 Å². The molecule has 0 amide bonds. The quantitative estimate of drug-likeness (QED) is 0.458. The summed E-state index contributed by atoms with van der Waals surface area (Å²) in [6.07, 6.45) is 0. The van der Waals surface area contributed by atoms with E-state index in [2.05, 4.69) is 23.7 Å². The third-order valence-electron chi connectivity index (χ3n) is 4.40. The lowest BCUT2D eigenvalue weighted by Crippen LogP contribution is -2.36. The molecule has 0 aliphatic carbocycles. The fourth-order valence-corrected chi connectivity index (χ4v) is 2.67. The van der Waals surface area contributed by atoms with Crippen LogP contribution in [-0.4, -0.2) is 27.4 Å². The Kier molecular flexibility index (Phi) is 7.80. The number of nitrogens with zero attached hydrogens (tertiary/aromatic N) is 1. The number of aromatic nitrogens is 1. The molecule has 5 heteroatoms. The van der Waals surface area contributed by atoms with Crippen LogP contribution in [-0.2, 0) is 7.05 Å². The van der Waals surface area contributed by atoms with Gasteiger partial charge in [0, 0.05) is 24.0 Å². The number of hydrogen-bond acceptors (Lipinski definition) is 4. The lowest BCUT2D eigenvalue weighted by Gasteiger charge is -2.03. The van der Waals surface area contributed by atoms with Crippen molar-refractivity contribution in [1.29, 1.82) is 0 Å². The van der Waals surface area contributed by atoms with Gasteiger partial charge in [-0.05, 0) is 54.6 Å². The van der Waals surface area contributed by atoms with E-state index in [-0.39, 0.29) is 13.2 Å². The largest absolute Gasteiger partial charge is 0.497 e. The van der Waals surface area contributed by atoms with E-state index in [1.807, 2.05) is 78.3 Å². The third-order valence-corrected chi connectivity index (χ3v) is 4.40. The van der Waals surface area contributed by atoms with Gasteiger partial charge in [0.1, 0.15) is 43.3 Å². The Bertz CT molecular complexity index is 1030. The highest BCUT2D eigenvalue weighted by molar-refractivity contribution is 5.33. The van der Waals surface area contributed by atoms with Gasteiger partial charge in [-0.2, -0.15) is 4.57 Å². The zero-order chi connectivity index (χ0) is 21.9. The summed E-state index contributed by atoms with van der Waals surface area (Å²) in [6, 6.07) is 20.6. The Morgan fingerprint density at radius 3 is 1.39 bits per heavy atom. The second kappa shape index (κ2) is 11.2. The van der Waals surface area contributed by atoms with Gasteiger partial charge in [0.25, 0.3) is 11.4 Å². The predicted octanol–water partition coefficient (Wildman–Crippen LogP) is 3.39. The van der Waals surface area contributed by atoms with Crippen molar-refractivity contribution >= 4 is 0 Å². The summed E-state index contributed by atoms with van der Waals surface area (Å²) < 4.78 is 23.5. The van der Waals surface area contributed by atoms with E-state index in [0.29, 0.717) is 0 Å². The topological polar surface area (TPSA) is 40.8 Å². The van der Waals surface area contributed by atoms with Crippen LogP contribution in [0.4, 0.5) is 0 Å². The molecule has 0 atom stereocenters. The van der Waals surface area contributed by atoms with E-state index in [9.17, 15) is 0 Å². The maximum absolute atomic E-state index is 5.64. The normalized spacial score (nSPS) is 9.52. The van der Waals surface area contributed by atoms with Crippen molar-refractivity contribution in [3.63, 3.8) is 0 Å². The molecule has 0 aliphatic heterocycles. The molecule has 31 heavy (non-hydrogen) atoms. The Hall–Kier alpha value is -4.09. The fourth-order valence-electron chi connectivity index (χ4n) is 2.67. The molecule has 0 spiro atoms. The van der Waals surface area contributed by atoms with E-state index in [0.717, 1.165) is 34.4 Å². The lowest BCUT2D eigenvalue weighted by molar-refractivity contribution is -0.676. The molecule has 0 unspecified atom stereocenters. The maximum atomic E-state index is 5.64. The van der Waals surface area contributed by atoms with Crippen LogP contribution >= 0.6 is 0 Å². The minimum absolute atomic E-state index is 0.290. The summed E-state index contributed by atoms with van der Waals surface area (Å²) in [5.74, 6) is 15.4. The highest BCUT2D eigenvalue weighted by Gasteiger charge is 2.07. The molecule has 3 rings (SSSR count). The van der Waals surface area contributed by atoms with E-state index < -0.39 is 0 Å². The van der Waals surface area contributed by atoms with Gasteiger partial charge >= 0.3 is 0 Å². The number of ether oxygens (including phenoxy) is 4. The number of pyridine rings is 1. The Morgan fingerprint density at radius 2 is 1.00 bits per heavy atom. The summed E-state index contributed by atoms with van der Waals surface area (Å²) >= 11 is 0. The highest BCUT2D eigenvalue weighted by atomic mass is 16.5. The molecule has 5 nitrogen and oxygen atoms in total. The van der Waals surface area contributed by atoms with Gasteiger partial charge in [0.2, 0.25) is 0 Å². The number of rotatable bonds is 6. The fraction of sp³-hybridized carbons (Fsp3) is 0.192. The van der Waals surface area contributed by atoms with Crippen molar-refractivity contribution in [2.24, 2.45) is 7.05 Å². The average molecular weight is 414 g/mol. The molecule has 156 valence electrons. The first-order chi connectivity index (χ1) is 15.2. The predicted molar refractivity (Wildman–Crippen MR) is 118 cm³/mol. The van der Waals surface area contributed by atoms with E-state index >= 15 is 0 Å². The highest BCUT2D eigenvalue weighted by Crippen LogP contribution is 2.17. The van der Waals surface area contributed by atoms with Gasteiger partial charge in [-0.1, -0.05) is 11.8 Å². The smallest absolute Gasteiger partial charge is 0.257 e. The first-order valence-corrected chi connectivity index (χ1v) is 9.70. The number of methoxy groups -OCH3 is 2. The van der Waals surface area contributed by atoms with Crippen LogP contribution in [0.25, 0.3) is 0 Å². The van der Waals surface area contributed by atoms with Crippen LogP contribution in [0.5, 0.6) is 23.0 Å². The molecule has 0 bridgehead atoms. The zero-order valence-corrected chi connectivity index (χ0v) is 17.8. The molecule has 1 heterocycles. The molecule has 1 aromatic heterocycles. The summed E-state index contributed by atoms with van der Waals surface area (Å²) in [5.41, 5.74) is 1.70. The van der Waals surface area contributed by atoms with Crippen LogP contribution in [0.3, 0.4) is 0 Å². The number of benzene rings is 2. The first kappa shape index (κ1) is 21.6. The van der Waals surface area contributed by atoms with Crippen molar-refractivity contribution in [2.45, 2.75) is 0 Å². The van der Waals surface area contributed by atoms with Gasteiger partial charge in [0.15, 0.2) is 0 Å². The van der Waals surface area contributed by atoms with E-state index in [4.69, 9.17) is 18.9 Å². The summed E-state index contributed by atoms with van der Waals surface area (Å²) in [4.78, 5) is 0. The lowest BCUT2D eigenvalue weighted by atomic mass is 10.2.